The Balaban J connectivity index is 1.48. The lowest BCUT2D eigenvalue weighted by molar-refractivity contribution is -0.131. The molecule has 0 spiro atoms. The van der Waals surface area contributed by atoms with Crippen LogP contribution in [0.25, 0.3) is 5.57 Å². The summed E-state index contributed by atoms with van der Waals surface area (Å²) < 4.78 is 1.30. The van der Waals surface area contributed by atoms with Gasteiger partial charge in [-0.05, 0) is 90.2 Å². The summed E-state index contributed by atoms with van der Waals surface area (Å²) in [7, 11) is 0. The SMILES string of the molecule is CC(=O)n1nnnc1C1=CC2=CC[C@@H]3[C@H](CC[C@]4(C)NC(=O)CC[C@@H]34)[C@@]2(C)CC1. The molecule has 5 rings (SSSR count). The van der Waals surface area contributed by atoms with Crippen molar-refractivity contribution in [2.45, 2.75) is 71.3 Å². The van der Waals surface area contributed by atoms with Crippen molar-refractivity contribution < 1.29 is 9.59 Å². The summed E-state index contributed by atoms with van der Waals surface area (Å²) in [4.78, 5) is 23.9. The van der Waals surface area contributed by atoms with Gasteiger partial charge in [-0.1, -0.05) is 19.1 Å². The number of allylic oxidation sites excluding steroid dienone is 4. The summed E-state index contributed by atoms with van der Waals surface area (Å²) in [6.45, 7) is 6.16. The van der Waals surface area contributed by atoms with Crippen LogP contribution < -0.4 is 5.32 Å². The first kappa shape index (κ1) is 18.7. The molecule has 1 amide bonds. The van der Waals surface area contributed by atoms with Crippen molar-refractivity contribution in [2.24, 2.45) is 23.2 Å². The molecule has 2 heterocycles. The van der Waals surface area contributed by atoms with Gasteiger partial charge in [0.25, 0.3) is 0 Å². The van der Waals surface area contributed by atoms with Crippen molar-refractivity contribution in [3.8, 4) is 0 Å². The molecule has 4 aliphatic rings. The van der Waals surface area contributed by atoms with E-state index in [-0.39, 0.29) is 22.8 Å². The third kappa shape index (κ3) is 2.73. The summed E-state index contributed by atoms with van der Waals surface area (Å²) in [6.07, 6.45) is 11.5. The molecule has 3 aliphatic carbocycles. The molecule has 29 heavy (non-hydrogen) atoms. The third-order valence-corrected chi connectivity index (χ3v) is 8.32. The van der Waals surface area contributed by atoms with Crippen LogP contribution in [0.4, 0.5) is 0 Å². The van der Waals surface area contributed by atoms with Crippen LogP contribution in [0.2, 0.25) is 0 Å². The Morgan fingerprint density at radius 3 is 2.83 bits per heavy atom. The largest absolute Gasteiger partial charge is 0.351 e. The van der Waals surface area contributed by atoms with Crippen molar-refractivity contribution in [1.29, 1.82) is 0 Å². The lowest BCUT2D eigenvalue weighted by Crippen LogP contribution is -2.62. The van der Waals surface area contributed by atoms with Crippen LogP contribution in [0.3, 0.4) is 0 Å². The van der Waals surface area contributed by atoms with Gasteiger partial charge in [-0.15, -0.1) is 5.10 Å². The Kier molecular flexibility index (Phi) is 4.09. The number of amides is 1. The average Bonchev–Trinajstić information content (AvgIpc) is 3.16. The quantitative estimate of drug-likeness (QED) is 0.738. The molecule has 1 N–H and O–H groups in total. The number of hydrogen-bond donors (Lipinski definition) is 1. The Labute approximate surface area is 171 Å². The van der Waals surface area contributed by atoms with Crippen molar-refractivity contribution in [1.82, 2.24) is 25.5 Å². The van der Waals surface area contributed by atoms with Crippen molar-refractivity contribution in [3.63, 3.8) is 0 Å². The molecule has 1 saturated heterocycles. The van der Waals surface area contributed by atoms with Gasteiger partial charge in [-0.25, -0.2) is 0 Å². The predicted molar refractivity (Wildman–Crippen MR) is 108 cm³/mol. The second-order valence-electron chi connectivity index (χ2n) is 9.84. The summed E-state index contributed by atoms with van der Waals surface area (Å²) in [6, 6.07) is 0. The molecule has 0 unspecified atom stereocenters. The second kappa shape index (κ2) is 6.34. The standard InChI is InChI=1S/C22H29N5O2/c1-13(28)27-20(24-25-26-27)14-8-10-21(2)15(12-14)4-5-16-17(21)9-11-22(3)18(16)6-7-19(29)23-22/h4,12,16-18H,5-11H2,1-3H3,(H,23,29)/t16-,17+,18+,21+,22+/m1/s1. The van der Waals surface area contributed by atoms with E-state index in [2.05, 4.69) is 46.8 Å². The maximum Gasteiger partial charge on any atom is 0.247 e. The minimum absolute atomic E-state index is 0.0442. The first-order chi connectivity index (χ1) is 13.8. The van der Waals surface area contributed by atoms with Crippen LogP contribution in [0.5, 0.6) is 0 Å². The number of hydrogen-bond acceptors (Lipinski definition) is 5. The highest BCUT2D eigenvalue weighted by molar-refractivity contribution is 5.80. The molecule has 2 fully saturated rings. The van der Waals surface area contributed by atoms with Gasteiger partial charge < -0.3 is 5.32 Å². The van der Waals surface area contributed by atoms with Gasteiger partial charge in [0.1, 0.15) is 0 Å². The molecule has 0 bridgehead atoms. The molecular weight excluding hydrogens is 366 g/mol. The minimum atomic E-state index is -0.164. The van der Waals surface area contributed by atoms with Gasteiger partial charge in [0, 0.05) is 18.9 Å². The van der Waals surface area contributed by atoms with E-state index in [0.29, 0.717) is 30.0 Å². The Hall–Kier alpha value is -2.31. The average molecular weight is 396 g/mol. The van der Waals surface area contributed by atoms with E-state index in [1.165, 1.54) is 17.2 Å². The Morgan fingerprint density at radius 1 is 1.21 bits per heavy atom. The fourth-order valence-corrected chi connectivity index (χ4v) is 6.78. The van der Waals surface area contributed by atoms with Crippen molar-refractivity contribution in [2.75, 3.05) is 0 Å². The van der Waals surface area contributed by atoms with Crippen LogP contribution in [-0.2, 0) is 4.79 Å². The molecule has 7 nitrogen and oxygen atoms in total. The highest BCUT2D eigenvalue weighted by atomic mass is 16.2. The van der Waals surface area contributed by atoms with E-state index in [9.17, 15) is 9.59 Å². The zero-order valence-corrected chi connectivity index (χ0v) is 17.4. The fraction of sp³-hybridized carbons (Fsp3) is 0.682. The summed E-state index contributed by atoms with van der Waals surface area (Å²) in [5, 5.41) is 15.0. The van der Waals surface area contributed by atoms with Gasteiger partial charge in [0.2, 0.25) is 11.8 Å². The number of fused-ring (bicyclic) bond motifs is 5. The molecule has 0 radical (unpaired) electrons. The number of rotatable bonds is 1. The zero-order valence-electron chi connectivity index (χ0n) is 17.4. The lowest BCUT2D eigenvalue weighted by Gasteiger charge is -2.59. The van der Waals surface area contributed by atoms with E-state index < -0.39 is 0 Å². The van der Waals surface area contributed by atoms with E-state index in [1.807, 2.05) is 0 Å². The number of piperidine rings is 1. The van der Waals surface area contributed by atoms with Gasteiger partial charge in [-0.2, -0.15) is 4.68 Å². The predicted octanol–water partition coefficient (Wildman–Crippen LogP) is 3.16. The summed E-state index contributed by atoms with van der Waals surface area (Å²) in [5.74, 6) is 2.45. The topological polar surface area (TPSA) is 89.8 Å². The number of aromatic nitrogens is 4. The van der Waals surface area contributed by atoms with Crippen LogP contribution in [0.15, 0.2) is 17.7 Å². The highest BCUT2D eigenvalue weighted by Crippen LogP contribution is 2.60. The molecule has 5 atom stereocenters. The lowest BCUT2D eigenvalue weighted by atomic mass is 9.48. The first-order valence-electron chi connectivity index (χ1n) is 10.8. The monoisotopic (exact) mass is 395 g/mol. The van der Waals surface area contributed by atoms with Crippen LogP contribution in [-0.4, -0.2) is 37.6 Å². The van der Waals surface area contributed by atoms with Crippen LogP contribution in [0, 0.1) is 23.2 Å². The van der Waals surface area contributed by atoms with E-state index in [4.69, 9.17) is 0 Å². The van der Waals surface area contributed by atoms with Crippen LogP contribution >= 0.6 is 0 Å². The number of tetrazole rings is 1. The maximum atomic E-state index is 12.0. The van der Waals surface area contributed by atoms with Gasteiger partial charge in [-0.3, -0.25) is 9.59 Å². The summed E-state index contributed by atoms with van der Waals surface area (Å²) >= 11 is 0. The maximum absolute atomic E-state index is 12.0. The molecule has 0 aromatic carbocycles. The smallest absolute Gasteiger partial charge is 0.247 e. The molecular formula is C22H29N5O2. The van der Waals surface area contributed by atoms with E-state index in [1.54, 1.807) is 0 Å². The molecule has 1 saturated carbocycles. The minimum Gasteiger partial charge on any atom is -0.351 e. The molecule has 1 aliphatic heterocycles. The number of nitrogens with zero attached hydrogens (tertiary/aromatic N) is 4. The van der Waals surface area contributed by atoms with E-state index >= 15 is 0 Å². The van der Waals surface area contributed by atoms with E-state index in [0.717, 1.165) is 44.1 Å². The normalized spacial score (nSPS) is 38.7. The van der Waals surface area contributed by atoms with Crippen molar-refractivity contribution in [3.05, 3.63) is 23.5 Å². The molecule has 1 aromatic heterocycles. The van der Waals surface area contributed by atoms with Gasteiger partial charge in [0.05, 0.1) is 0 Å². The van der Waals surface area contributed by atoms with Crippen LogP contribution in [0.1, 0.15) is 76.3 Å². The number of nitrogens with one attached hydrogen (secondary N) is 1. The van der Waals surface area contributed by atoms with Gasteiger partial charge >= 0.3 is 0 Å². The molecule has 7 heteroatoms. The van der Waals surface area contributed by atoms with Crippen molar-refractivity contribution >= 4 is 17.4 Å². The summed E-state index contributed by atoms with van der Waals surface area (Å²) in [5.41, 5.74) is 2.53. The Bertz CT molecular complexity index is 947. The van der Waals surface area contributed by atoms with Gasteiger partial charge in [0.15, 0.2) is 5.82 Å². The molecule has 154 valence electrons. The zero-order chi connectivity index (χ0) is 20.4. The number of carbonyl (C=O) groups excluding carboxylic acids is 2. The fourth-order valence-electron chi connectivity index (χ4n) is 6.78. The Morgan fingerprint density at radius 2 is 2.03 bits per heavy atom. The second-order valence-corrected chi connectivity index (χ2v) is 9.84. The third-order valence-electron chi connectivity index (χ3n) is 8.32. The molecule has 1 aromatic rings. The first-order valence-corrected chi connectivity index (χ1v) is 10.8. The number of carbonyl (C=O) groups is 2. The highest BCUT2D eigenvalue weighted by Gasteiger charge is 2.55.